The van der Waals surface area contributed by atoms with Crippen LogP contribution in [0, 0.1) is 6.92 Å². The van der Waals surface area contributed by atoms with Gasteiger partial charge in [-0.1, -0.05) is 19.9 Å². The first-order valence-corrected chi connectivity index (χ1v) is 7.56. The quantitative estimate of drug-likeness (QED) is 0.581. The molecule has 0 saturated carbocycles. The lowest BCUT2D eigenvalue weighted by molar-refractivity contribution is 0.767. The average molecular weight is 291 g/mol. The largest absolute Gasteiger partial charge is 0.362 e. The molecule has 0 radical (unpaired) electrons. The summed E-state index contributed by atoms with van der Waals surface area (Å²) in [5.74, 6) is 8.08. The fourth-order valence-corrected chi connectivity index (χ4v) is 2.62. The van der Waals surface area contributed by atoms with Gasteiger partial charge in [-0.05, 0) is 25.3 Å². The Bertz CT molecular complexity index is 565. The van der Waals surface area contributed by atoms with Gasteiger partial charge in [0.25, 0.3) is 0 Å². The molecule has 0 spiro atoms. The highest BCUT2D eigenvalue weighted by Gasteiger charge is 2.15. The lowest BCUT2D eigenvalue weighted by Gasteiger charge is -2.18. The second-order valence-corrected chi connectivity index (χ2v) is 6.06. The van der Waals surface area contributed by atoms with Gasteiger partial charge in [0.15, 0.2) is 0 Å². The van der Waals surface area contributed by atoms with Gasteiger partial charge in [-0.2, -0.15) is 0 Å². The van der Waals surface area contributed by atoms with Gasteiger partial charge in [0.2, 0.25) is 0 Å². The zero-order valence-corrected chi connectivity index (χ0v) is 13.1. The van der Waals surface area contributed by atoms with Crippen LogP contribution in [0.3, 0.4) is 0 Å². The lowest BCUT2D eigenvalue weighted by Crippen LogP contribution is -2.16. The van der Waals surface area contributed by atoms with E-state index in [2.05, 4.69) is 59.0 Å². The topological polar surface area (TPSA) is 75.9 Å². The number of hydrogen-bond donors (Lipinski definition) is 3. The Morgan fingerprint density at radius 2 is 1.90 bits per heavy atom. The number of hydrazine groups is 1. The maximum Gasteiger partial charge on any atom is 0.148 e. The second kappa shape index (κ2) is 6.19. The van der Waals surface area contributed by atoms with E-state index in [4.69, 9.17) is 5.84 Å². The summed E-state index contributed by atoms with van der Waals surface area (Å²) < 4.78 is 0. The van der Waals surface area contributed by atoms with Crippen molar-refractivity contribution >= 4 is 23.0 Å². The summed E-state index contributed by atoms with van der Waals surface area (Å²) >= 11 is 1.73. The molecule has 0 bridgehead atoms. The molecule has 2 rings (SSSR count). The molecule has 2 aromatic rings. The fourth-order valence-electron chi connectivity index (χ4n) is 1.89. The Kier molecular flexibility index (Phi) is 4.57. The van der Waals surface area contributed by atoms with E-state index in [-0.39, 0.29) is 12.0 Å². The third-order valence-corrected chi connectivity index (χ3v) is 4.19. The summed E-state index contributed by atoms with van der Waals surface area (Å²) in [6.07, 6.45) is 0. The Balaban J connectivity index is 2.32. The van der Waals surface area contributed by atoms with Crippen LogP contribution in [0.1, 0.15) is 49.0 Å². The van der Waals surface area contributed by atoms with Crippen molar-refractivity contribution in [3.8, 4) is 0 Å². The summed E-state index contributed by atoms with van der Waals surface area (Å²) in [6.45, 7) is 8.22. The average Bonchev–Trinajstić information content (AvgIpc) is 2.94. The van der Waals surface area contributed by atoms with Crippen LogP contribution in [0.2, 0.25) is 0 Å². The predicted octanol–water partition coefficient (Wildman–Crippen LogP) is 3.43. The standard InChI is InChI=1S/C14H21N5S/c1-8(2)12-17-13(9(3)14(18-12)19-15)16-10(4)11-6-5-7-20-11/h5-8,10H,15H2,1-4H3,(H2,16,17,18,19). The maximum atomic E-state index is 5.55. The first-order chi connectivity index (χ1) is 9.52. The van der Waals surface area contributed by atoms with Gasteiger partial charge in [-0.25, -0.2) is 15.8 Å². The predicted molar refractivity (Wildman–Crippen MR) is 85.0 cm³/mol. The second-order valence-electron chi connectivity index (χ2n) is 5.08. The molecule has 0 aliphatic carbocycles. The lowest BCUT2D eigenvalue weighted by atomic mass is 10.2. The Labute approximate surface area is 123 Å². The van der Waals surface area contributed by atoms with Crippen LogP contribution in [0.5, 0.6) is 0 Å². The molecule has 2 aromatic heterocycles. The smallest absolute Gasteiger partial charge is 0.148 e. The monoisotopic (exact) mass is 291 g/mol. The van der Waals surface area contributed by atoms with E-state index in [1.165, 1.54) is 4.88 Å². The highest BCUT2D eigenvalue weighted by atomic mass is 32.1. The number of hydrogen-bond acceptors (Lipinski definition) is 6. The molecular formula is C14H21N5S. The number of rotatable bonds is 5. The molecule has 0 aliphatic heterocycles. The van der Waals surface area contributed by atoms with E-state index in [0.717, 1.165) is 17.2 Å². The molecule has 2 heterocycles. The van der Waals surface area contributed by atoms with Crippen molar-refractivity contribution < 1.29 is 0 Å². The van der Waals surface area contributed by atoms with Gasteiger partial charge >= 0.3 is 0 Å². The van der Waals surface area contributed by atoms with Gasteiger partial charge in [0.1, 0.15) is 17.5 Å². The van der Waals surface area contributed by atoms with Gasteiger partial charge in [0.05, 0.1) is 6.04 Å². The third-order valence-electron chi connectivity index (χ3n) is 3.14. The van der Waals surface area contributed by atoms with Crippen LogP contribution >= 0.6 is 11.3 Å². The third kappa shape index (κ3) is 3.08. The van der Waals surface area contributed by atoms with Gasteiger partial charge in [-0.15, -0.1) is 11.3 Å². The van der Waals surface area contributed by atoms with Crippen molar-refractivity contribution in [2.75, 3.05) is 10.7 Å². The number of nitrogens with zero attached hydrogens (tertiary/aromatic N) is 2. The summed E-state index contributed by atoms with van der Waals surface area (Å²) in [5.41, 5.74) is 3.58. The van der Waals surface area contributed by atoms with Crippen molar-refractivity contribution in [2.24, 2.45) is 5.84 Å². The molecule has 5 nitrogen and oxygen atoms in total. The molecule has 6 heteroatoms. The van der Waals surface area contributed by atoms with E-state index in [1.54, 1.807) is 11.3 Å². The van der Waals surface area contributed by atoms with E-state index < -0.39 is 0 Å². The minimum atomic E-state index is 0.203. The van der Waals surface area contributed by atoms with Crippen molar-refractivity contribution in [2.45, 2.75) is 39.7 Å². The Morgan fingerprint density at radius 3 is 2.45 bits per heavy atom. The first-order valence-electron chi connectivity index (χ1n) is 6.68. The molecule has 0 saturated heterocycles. The number of anilines is 2. The maximum absolute atomic E-state index is 5.55. The van der Waals surface area contributed by atoms with Crippen molar-refractivity contribution in [3.05, 3.63) is 33.8 Å². The highest BCUT2D eigenvalue weighted by Crippen LogP contribution is 2.27. The number of thiophene rings is 1. The molecule has 0 aromatic carbocycles. The number of nitrogens with two attached hydrogens (primary N) is 1. The van der Waals surface area contributed by atoms with Crippen molar-refractivity contribution in [1.82, 2.24) is 9.97 Å². The van der Waals surface area contributed by atoms with E-state index >= 15 is 0 Å². The van der Waals surface area contributed by atoms with E-state index in [9.17, 15) is 0 Å². The number of nitrogens with one attached hydrogen (secondary N) is 2. The highest BCUT2D eigenvalue weighted by molar-refractivity contribution is 7.10. The molecule has 0 amide bonds. The molecule has 1 atom stereocenters. The molecule has 20 heavy (non-hydrogen) atoms. The van der Waals surface area contributed by atoms with Gasteiger partial charge in [-0.3, -0.25) is 0 Å². The Morgan fingerprint density at radius 1 is 1.20 bits per heavy atom. The zero-order chi connectivity index (χ0) is 14.7. The van der Waals surface area contributed by atoms with Gasteiger partial charge in [0, 0.05) is 16.4 Å². The van der Waals surface area contributed by atoms with E-state index in [1.807, 2.05) is 6.92 Å². The van der Waals surface area contributed by atoms with Crippen LogP contribution < -0.4 is 16.6 Å². The SMILES string of the molecule is Cc1c(NN)nc(C(C)C)nc1NC(C)c1cccs1. The minimum absolute atomic E-state index is 0.203. The summed E-state index contributed by atoms with van der Waals surface area (Å²) in [7, 11) is 0. The molecular weight excluding hydrogens is 270 g/mol. The van der Waals surface area contributed by atoms with Crippen molar-refractivity contribution in [3.63, 3.8) is 0 Å². The Hall–Kier alpha value is -1.66. The van der Waals surface area contributed by atoms with Crippen LogP contribution in [-0.2, 0) is 0 Å². The van der Waals surface area contributed by atoms with Crippen LogP contribution in [0.25, 0.3) is 0 Å². The van der Waals surface area contributed by atoms with Crippen LogP contribution in [-0.4, -0.2) is 9.97 Å². The minimum Gasteiger partial charge on any atom is -0.362 e. The number of aromatic nitrogens is 2. The van der Waals surface area contributed by atoms with Crippen LogP contribution in [0.15, 0.2) is 17.5 Å². The first kappa shape index (κ1) is 14.7. The zero-order valence-electron chi connectivity index (χ0n) is 12.3. The van der Waals surface area contributed by atoms with E-state index in [0.29, 0.717) is 5.82 Å². The molecule has 108 valence electrons. The summed E-state index contributed by atoms with van der Waals surface area (Å²) in [5, 5.41) is 5.52. The van der Waals surface area contributed by atoms with Crippen LogP contribution in [0.4, 0.5) is 11.6 Å². The van der Waals surface area contributed by atoms with Gasteiger partial charge < -0.3 is 10.7 Å². The summed E-state index contributed by atoms with van der Waals surface area (Å²) in [4.78, 5) is 10.3. The molecule has 4 N–H and O–H groups in total. The normalized spacial score (nSPS) is 12.5. The number of nitrogen functional groups attached to an aromatic ring is 1. The molecule has 1 unspecified atom stereocenters. The molecule has 0 fully saturated rings. The van der Waals surface area contributed by atoms with Crippen molar-refractivity contribution in [1.29, 1.82) is 0 Å². The molecule has 0 aliphatic rings. The fraction of sp³-hybridized carbons (Fsp3) is 0.429. The summed E-state index contributed by atoms with van der Waals surface area (Å²) in [6, 6.07) is 4.37.